The summed E-state index contributed by atoms with van der Waals surface area (Å²) in [5, 5.41) is 8.82. The van der Waals surface area contributed by atoms with Crippen molar-refractivity contribution in [2.75, 3.05) is 0 Å². The number of nitrogens with one attached hydrogen (secondary N) is 2. The zero-order valence-corrected chi connectivity index (χ0v) is 8.46. The minimum absolute atomic E-state index is 0.217. The molecular formula is C12H14N2. The smallest absolute Gasteiger partial charge is 0.0454 e. The minimum atomic E-state index is 0.217. The molecule has 1 atom stereocenters. The van der Waals surface area contributed by atoms with Crippen LogP contribution in [0, 0.1) is 5.41 Å². The average molecular weight is 186 g/mol. The van der Waals surface area contributed by atoms with Gasteiger partial charge in [0.05, 0.1) is 0 Å². The molecule has 2 rings (SSSR count). The van der Waals surface area contributed by atoms with E-state index in [0.29, 0.717) is 5.71 Å². The predicted octanol–water partition coefficient (Wildman–Crippen LogP) is 3.31. The van der Waals surface area contributed by atoms with Crippen LogP contribution in [0.3, 0.4) is 0 Å². The van der Waals surface area contributed by atoms with Crippen molar-refractivity contribution in [3.05, 3.63) is 36.0 Å². The Morgan fingerprint density at radius 1 is 1.36 bits per heavy atom. The number of aromatic amines is 1. The molecule has 2 nitrogen and oxygen atoms in total. The number of hydrogen-bond acceptors (Lipinski definition) is 1. The number of aromatic nitrogens is 1. The Kier molecular flexibility index (Phi) is 2.12. The first-order chi connectivity index (χ1) is 6.68. The van der Waals surface area contributed by atoms with E-state index < -0.39 is 0 Å². The van der Waals surface area contributed by atoms with Crippen molar-refractivity contribution in [2.24, 2.45) is 0 Å². The second kappa shape index (κ2) is 3.29. The lowest BCUT2D eigenvalue weighted by atomic mass is 9.96. The van der Waals surface area contributed by atoms with E-state index in [4.69, 9.17) is 5.41 Å². The van der Waals surface area contributed by atoms with Crippen LogP contribution in [-0.4, -0.2) is 10.7 Å². The highest BCUT2D eigenvalue weighted by atomic mass is 14.7. The Hall–Kier alpha value is -1.57. The third-order valence-corrected chi connectivity index (χ3v) is 2.73. The van der Waals surface area contributed by atoms with Crippen LogP contribution in [0.5, 0.6) is 0 Å². The Morgan fingerprint density at radius 2 is 2.14 bits per heavy atom. The Morgan fingerprint density at radius 3 is 2.86 bits per heavy atom. The lowest BCUT2D eigenvalue weighted by Crippen LogP contribution is -2.02. The maximum absolute atomic E-state index is 7.60. The molecule has 0 aliphatic heterocycles. The summed E-state index contributed by atoms with van der Waals surface area (Å²) in [5.41, 5.74) is 3.08. The van der Waals surface area contributed by atoms with Crippen LogP contribution >= 0.6 is 0 Å². The van der Waals surface area contributed by atoms with Crippen molar-refractivity contribution in [3.8, 4) is 0 Å². The van der Waals surface area contributed by atoms with Gasteiger partial charge in [-0.05, 0) is 36.1 Å². The van der Waals surface area contributed by atoms with E-state index in [1.165, 1.54) is 10.9 Å². The lowest BCUT2D eigenvalue weighted by Gasteiger charge is -2.09. The van der Waals surface area contributed by atoms with Gasteiger partial charge in [-0.15, -0.1) is 0 Å². The van der Waals surface area contributed by atoms with Crippen LogP contribution in [0.1, 0.15) is 25.3 Å². The third-order valence-electron chi connectivity index (χ3n) is 2.73. The van der Waals surface area contributed by atoms with E-state index in [-0.39, 0.29) is 5.92 Å². The van der Waals surface area contributed by atoms with Crippen LogP contribution in [0.15, 0.2) is 30.5 Å². The molecule has 72 valence electrons. The molecule has 2 N–H and O–H groups in total. The van der Waals surface area contributed by atoms with Crippen molar-refractivity contribution in [1.29, 1.82) is 5.41 Å². The summed E-state index contributed by atoms with van der Waals surface area (Å²) in [6, 6.07) is 8.37. The molecule has 0 saturated carbocycles. The van der Waals surface area contributed by atoms with Gasteiger partial charge in [-0.25, -0.2) is 0 Å². The monoisotopic (exact) mass is 186 g/mol. The van der Waals surface area contributed by atoms with E-state index in [1.807, 2.05) is 13.1 Å². The molecule has 2 aromatic rings. The molecule has 1 aromatic carbocycles. The highest BCUT2D eigenvalue weighted by molar-refractivity contribution is 5.87. The van der Waals surface area contributed by atoms with Crippen molar-refractivity contribution in [3.63, 3.8) is 0 Å². The number of H-pyrrole nitrogens is 1. The molecule has 0 amide bonds. The quantitative estimate of drug-likeness (QED) is 0.675. The van der Waals surface area contributed by atoms with Gasteiger partial charge in [-0.1, -0.05) is 13.0 Å². The standard InChI is InChI=1S/C12H14N2/c1-8(9(2)13)10-3-4-12-11(7-10)5-6-14-12/h3-8,13-14H,1-2H3. The molecule has 0 radical (unpaired) electrons. The molecule has 2 heteroatoms. The topological polar surface area (TPSA) is 39.6 Å². The summed E-state index contributed by atoms with van der Waals surface area (Å²) >= 11 is 0. The largest absolute Gasteiger partial charge is 0.361 e. The maximum Gasteiger partial charge on any atom is 0.0454 e. The first-order valence-electron chi connectivity index (χ1n) is 4.80. The van der Waals surface area contributed by atoms with Crippen LogP contribution < -0.4 is 0 Å². The molecule has 0 saturated heterocycles. The van der Waals surface area contributed by atoms with Crippen LogP contribution in [0.2, 0.25) is 0 Å². The zero-order valence-electron chi connectivity index (χ0n) is 8.46. The third kappa shape index (κ3) is 1.43. The molecule has 14 heavy (non-hydrogen) atoms. The lowest BCUT2D eigenvalue weighted by molar-refractivity contribution is 1.00. The van der Waals surface area contributed by atoms with Gasteiger partial charge < -0.3 is 10.4 Å². The fourth-order valence-electron chi connectivity index (χ4n) is 1.59. The molecule has 0 aliphatic rings. The van der Waals surface area contributed by atoms with Gasteiger partial charge in [0.25, 0.3) is 0 Å². The number of benzene rings is 1. The first kappa shape index (κ1) is 9.00. The number of rotatable bonds is 2. The highest BCUT2D eigenvalue weighted by Gasteiger charge is 2.07. The van der Waals surface area contributed by atoms with Crippen molar-refractivity contribution in [2.45, 2.75) is 19.8 Å². The van der Waals surface area contributed by atoms with E-state index in [2.05, 4.69) is 36.2 Å². The molecule has 0 aliphatic carbocycles. The summed E-state index contributed by atoms with van der Waals surface area (Å²) in [7, 11) is 0. The normalized spacial score (nSPS) is 13.0. The minimum Gasteiger partial charge on any atom is -0.361 e. The molecule has 0 bridgehead atoms. The maximum atomic E-state index is 7.60. The Bertz CT molecular complexity index is 468. The van der Waals surface area contributed by atoms with Crippen LogP contribution in [-0.2, 0) is 0 Å². The van der Waals surface area contributed by atoms with Crippen molar-refractivity contribution < 1.29 is 0 Å². The van der Waals surface area contributed by atoms with Gasteiger partial charge >= 0.3 is 0 Å². The Labute approximate surface area is 83.5 Å². The van der Waals surface area contributed by atoms with Crippen molar-refractivity contribution >= 4 is 16.6 Å². The molecule has 0 fully saturated rings. The SMILES string of the molecule is CC(=N)C(C)c1ccc2[nH]ccc2c1. The fourth-order valence-corrected chi connectivity index (χ4v) is 1.59. The fraction of sp³-hybridized carbons (Fsp3) is 0.250. The number of fused-ring (bicyclic) bond motifs is 1. The molecule has 1 unspecified atom stereocenters. The molecular weight excluding hydrogens is 172 g/mol. The second-order valence-electron chi connectivity index (χ2n) is 3.73. The van der Waals surface area contributed by atoms with Gasteiger partial charge in [0.1, 0.15) is 0 Å². The summed E-state index contributed by atoms with van der Waals surface area (Å²) in [5.74, 6) is 0.217. The highest BCUT2D eigenvalue weighted by Crippen LogP contribution is 2.21. The van der Waals surface area contributed by atoms with Gasteiger partial charge in [0.15, 0.2) is 0 Å². The summed E-state index contributed by atoms with van der Waals surface area (Å²) in [6.07, 6.45) is 1.94. The first-order valence-corrected chi connectivity index (χ1v) is 4.80. The van der Waals surface area contributed by atoms with E-state index >= 15 is 0 Å². The molecule has 1 heterocycles. The van der Waals surface area contributed by atoms with E-state index in [0.717, 1.165) is 5.52 Å². The van der Waals surface area contributed by atoms with Gasteiger partial charge in [-0.3, -0.25) is 0 Å². The molecule has 0 spiro atoms. The number of hydrogen-bond donors (Lipinski definition) is 2. The zero-order chi connectivity index (χ0) is 10.1. The van der Waals surface area contributed by atoms with Gasteiger partial charge in [0.2, 0.25) is 0 Å². The Balaban J connectivity index is 2.48. The van der Waals surface area contributed by atoms with Gasteiger partial charge in [-0.2, -0.15) is 0 Å². The van der Waals surface area contributed by atoms with Crippen LogP contribution in [0.25, 0.3) is 10.9 Å². The summed E-state index contributed by atoms with van der Waals surface area (Å²) in [4.78, 5) is 3.16. The molecule has 1 aromatic heterocycles. The second-order valence-corrected chi connectivity index (χ2v) is 3.73. The summed E-state index contributed by atoms with van der Waals surface area (Å²) in [6.45, 7) is 3.92. The van der Waals surface area contributed by atoms with Crippen molar-refractivity contribution in [1.82, 2.24) is 4.98 Å². The van der Waals surface area contributed by atoms with Gasteiger partial charge in [0, 0.05) is 23.3 Å². The summed E-state index contributed by atoms with van der Waals surface area (Å²) < 4.78 is 0. The van der Waals surface area contributed by atoms with E-state index in [1.54, 1.807) is 0 Å². The predicted molar refractivity (Wildman–Crippen MR) is 60.1 cm³/mol. The average Bonchev–Trinajstić information content (AvgIpc) is 2.62. The van der Waals surface area contributed by atoms with E-state index in [9.17, 15) is 0 Å². The van der Waals surface area contributed by atoms with Crippen LogP contribution in [0.4, 0.5) is 0 Å².